The van der Waals surface area contributed by atoms with Crippen molar-refractivity contribution in [3.8, 4) is 0 Å². The van der Waals surface area contributed by atoms with Crippen LogP contribution in [0.5, 0.6) is 0 Å². The molecular formula is C54H90O43. The summed E-state index contributed by atoms with van der Waals surface area (Å²) in [5.41, 5.74) is 0. The van der Waals surface area contributed by atoms with Crippen LogP contribution in [0.4, 0.5) is 0 Å². The Morgan fingerprint density at radius 1 is 0.196 bits per heavy atom. The van der Waals surface area contributed by atoms with Crippen molar-refractivity contribution in [2.45, 2.75) is 290 Å². The second-order valence-electron chi connectivity index (χ2n) is 25.3. The van der Waals surface area contributed by atoms with E-state index < -0.39 is 323 Å². The van der Waals surface area contributed by atoms with E-state index in [-0.39, 0.29) is 0 Å². The molecule has 0 aromatic carbocycles. The molecule has 45 atom stereocenters. The number of rotatable bonds is 11. The van der Waals surface area contributed by atoms with Crippen molar-refractivity contribution in [2.75, 3.05) is 46.2 Å². The quantitative estimate of drug-likeness (QED) is 0.0913. The van der Waals surface area contributed by atoms with E-state index >= 15 is 0 Å². The SMILES string of the molecule is C[C@H]1O[C@H](OC[C@H]2O[C@@H]3O[C@H]4[C@H](O)[C@@H](O)[C@@H](O[C@H]5[C@H](O)[C@@H](O)[C@@H](O[C@H]6[C@H](O)[C@@H](O)[C@@H](O[C@H]7[C@H](O)[C@@H](O)[C@@H](O[C@H]8[C@H](O)[C@@H](O)[C@@H](O[C@H]9[C@H](O)[C@@H](O)[C@@H](O[C@H]2[C@H](O)[C@H]3O)O[C@@H]9CO)O[C@@H]8CO)O[C@@H]7CO)O[C@@H]6CO[C@H]2O[C@H](C)[C@H](O)[C@H](O)[C@H]2O)O[C@@H]5CO)O[C@@H]4CO)[C@H](O)[C@@H](O)[C@H]1O. The molecule has 23 aliphatic rings. The van der Waals surface area contributed by atoms with Gasteiger partial charge in [-0.2, -0.15) is 0 Å². The van der Waals surface area contributed by atoms with E-state index in [1.807, 2.05) is 0 Å². The molecule has 0 spiro atoms. The Balaban J connectivity index is 0.962. The summed E-state index contributed by atoms with van der Waals surface area (Å²) >= 11 is 0. The van der Waals surface area contributed by atoms with Gasteiger partial charge >= 0.3 is 0 Å². The van der Waals surface area contributed by atoms with Crippen LogP contribution < -0.4 is 0 Å². The summed E-state index contributed by atoms with van der Waals surface area (Å²) in [5, 5.41) is 280. The van der Waals surface area contributed by atoms with Gasteiger partial charge in [-0.25, -0.2) is 0 Å². The van der Waals surface area contributed by atoms with Crippen molar-refractivity contribution in [3.05, 3.63) is 0 Å². The van der Waals surface area contributed by atoms with Gasteiger partial charge in [0.05, 0.1) is 58.5 Å². The molecule has 25 N–H and O–H groups in total. The van der Waals surface area contributed by atoms with Crippen molar-refractivity contribution >= 4 is 0 Å². The minimum atomic E-state index is -2.35. The first-order chi connectivity index (χ1) is 46.0. The average Bonchev–Trinajstić information content (AvgIpc) is 0.784. The van der Waals surface area contributed by atoms with E-state index in [9.17, 15) is 128 Å². The smallest absolute Gasteiger partial charge is 0.187 e. The molecule has 23 aliphatic heterocycles. The maximum Gasteiger partial charge on any atom is 0.187 e. The fourth-order valence-corrected chi connectivity index (χ4v) is 13.1. The number of ether oxygens (including phenoxy) is 18. The third-order valence-electron chi connectivity index (χ3n) is 18.9. The highest BCUT2D eigenvalue weighted by Gasteiger charge is 2.61. The zero-order chi connectivity index (χ0) is 70.7. The van der Waals surface area contributed by atoms with E-state index in [0.717, 1.165) is 0 Å². The predicted molar refractivity (Wildman–Crippen MR) is 291 cm³/mol. The highest BCUT2D eigenvalue weighted by atomic mass is 16.8. The number of hydrogen-bond donors (Lipinski definition) is 25. The van der Waals surface area contributed by atoms with Gasteiger partial charge in [0.25, 0.3) is 0 Å². The fourth-order valence-electron chi connectivity index (χ4n) is 13.1. The van der Waals surface area contributed by atoms with Gasteiger partial charge in [0.1, 0.15) is 208 Å². The van der Waals surface area contributed by atoms with Gasteiger partial charge in [0.2, 0.25) is 0 Å². The standard InChI is InChI=1S/C54H90O43/c1-10-19(60)21(62)30(71)46(82-10)80-8-17-44-29(70)38(79)54(90-17)95-43-16(7-59)86-50(34(75)25(43)66)93-41-14(5-57)88-52(36(77)27(41)68)97-45-18(9-81-47-31(72)22(63)20(61)11(2)83-47)89-53(37(78)28(45)69)94-42-15(6-58)85-49(33(74)24(42)65)91-39-12(3-55)84-48(32(73)23(39)64)92-40-13(4-56)87-51(96-44)35(76)26(40)67/h10-79H,3-9H2,1-2H3/t10-,11-,12-,13-,14-,15-,16-,17-,18-,19+,20+,21+,22+,23-,24-,25-,26-,27-,28-,29-,30-,31-,32-,33-,34-,35-,36-,37-,38-,39-,40-,41-,42-,43-,44-,45-,46+,47+,48-,49-,50-,51-,52-,53-,54-/m1/s1. The first-order valence-electron chi connectivity index (χ1n) is 31.3. The van der Waals surface area contributed by atoms with Gasteiger partial charge in [0.15, 0.2) is 56.6 Å². The summed E-state index contributed by atoms with van der Waals surface area (Å²) in [6.45, 7) is -4.93. The van der Waals surface area contributed by atoms with Crippen molar-refractivity contribution in [2.24, 2.45) is 0 Å². The van der Waals surface area contributed by atoms with Gasteiger partial charge in [-0.15, -0.1) is 0 Å². The van der Waals surface area contributed by atoms with E-state index in [2.05, 4.69) is 0 Å². The molecule has 0 amide bonds. The van der Waals surface area contributed by atoms with Gasteiger partial charge in [-0.3, -0.25) is 0 Å². The molecule has 23 fully saturated rings. The van der Waals surface area contributed by atoms with Crippen LogP contribution in [0.25, 0.3) is 0 Å². The topological polar surface area (TPSA) is 672 Å². The highest BCUT2D eigenvalue weighted by Crippen LogP contribution is 2.40. The molecule has 0 aromatic heterocycles. The van der Waals surface area contributed by atoms with Crippen LogP contribution in [0.2, 0.25) is 0 Å². The number of aliphatic hydroxyl groups is 25. The first-order valence-corrected chi connectivity index (χ1v) is 31.3. The predicted octanol–water partition coefficient (Wildman–Crippen LogP) is -17.5. The molecule has 0 aromatic rings. The molecule has 23 heterocycles. The minimum Gasteiger partial charge on any atom is -0.394 e. The van der Waals surface area contributed by atoms with Crippen molar-refractivity contribution in [3.63, 3.8) is 0 Å². The lowest BCUT2D eigenvalue weighted by molar-refractivity contribution is -0.399. The molecule has 0 aliphatic carbocycles. The zero-order valence-electron chi connectivity index (χ0n) is 51.5. The molecule has 23 rings (SSSR count). The van der Waals surface area contributed by atoms with Crippen LogP contribution >= 0.6 is 0 Å². The van der Waals surface area contributed by atoms with Gasteiger partial charge < -0.3 is 213 Å². The summed E-state index contributed by atoms with van der Waals surface area (Å²) in [6, 6.07) is 0. The van der Waals surface area contributed by atoms with E-state index in [0.29, 0.717) is 0 Å². The molecule has 43 nitrogen and oxygen atoms in total. The largest absolute Gasteiger partial charge is 0.394 e. The molecule has 0 saturated carbocycles. The van der Waals surface area contributed by atoms with Gasteiger partial charge in [-0.1, -0.05) is 0 Å². The van der Waals surface area contributed by atoms with Crippen molar-refractivity contribution < 1.29 is 213 Å². The van der Waals surface area contributed by atoms with Crippen LogP contribution in [0.15, 0.2) is 0 Å². The minimum absolute atomic E-state index is 0.933. The normalized spacial score (nSPS) is 56.0. The van der Waals surface area contributed by atoms with Crippen LogP contribution in [0, 0.1) is 0 Å². The number of aliphatic hydroxyl groups excluding tert-OH is 25. The Kier molecular flexibility index (Phi) is 26.3. The van der Waals surface area contributed by atoms with Crippen molar-refractivity contribution in [1.29, 1.82) is 0 Å². The van der Waals surface area contributed by atoms with E-state index in [1.165, 1.54) is 13.8 Å². The zero-order valence-corrected chi connectivity index (χ0v) is 51.5. The Morgan fingerprint density at radius 2 is 0.371 bits per heavy atom. The summed E-state index contributed by atoms with van der Waals surface area (Å²) in [5.74, 6) is 0. The molecule has 14 bridgehead atoms. The molecule has 0 radical (unpaired) electrons. The lowest BCUT2D eigenvalue weighted by Gasteiger charge is -2.50. The third kappa shape index (κ3) is 15.7. The summed E-state index contributed by atoms with van der Waals surface area (Å²) < 4.78 is 104. The average molecular weight is 1430 g/mol. The molecule has 97 heavy (non-hydrogen) atoms. The van der Waals surface area contributed by atoms with Gasteiger partial charge in [-0.05, 0) is 13.8 Å². The Hall–Kier alpha value is -1.72. The van der Waals surface area contributed by atoms with Crippen molar-refractivity contribution in [1.82, 2.24) is 0 Å². The third-order valence-corrected chi connectivity index (χ3v) is 18.9. The maximum atomic E-state index is 11.9. The van der Waals surface area contributed by atoms with Crippen LogP contribution in [-0.2, 0) is 85.3 Å². The van der Waals surface area contributed by atoms with E-state index in [4.69, 9.17) is 85.3 Å². The summed E-state index contributed by atoms with van der Waals surface area (Å²) in [4.78, 5) is 0. The molecule has 43 heteroatoms. The number of hydrogen-bond acceptors (Lipinski definition) is 43. The van der Waals surface area contributed by atoms with Crippen LogP contribution in [0.1, 0.15) is 13.8 Å². The fraction of sp³-hybridized carbons (Fsp3) is 1.00. The lowest BCUT2D eigenvalue weighted by atomic mass is 9.95. The highest BCUT2D eigenvalue weighted by molar-refractivity contribution is 5.03. The Morgan fingerprint density at radius 3 is 0.557 bits per heavy atom. The van der Waals surface area contributed by atoms with E-state index in [1.54, 1.807) is 0 Å². The summed E-state index contributed by atoms with van der Waals surface area (Å²) in [7, 11) is 0. The Bertz CT molecular complexity index is 2390. The van der Waals surface area contributed by atoms with Crippen LogP contribution in [0.3, 0.4) is 0 Å². The second kappa shape index (κ2) is 32.7. The Labute approximate surface area is 548 Å². The molecule has 564 valence electrons. The summed E-state index contributed by atoms with van der Waals surface area (Å²) in [6.07, 6.45) is -91.6. The second-order valence-corrected chi connectivity index (χ2v) is 25.3. The first kappa shape index (κ1) is 77.9. The lowest BCUT2D eigenvalue weighted by Crippen LogP contribution is -2.68. The van der Waals surface area contributed by atoms with Crippen LogP contribution in [-0.4, -0.2) is 450 Å². The molecule has 23 saturated heterocycles. The molecule has 0 unspecified atom stereocenters. The maximum absolute atomic E-state index is 11.9. The van der Waals surface area contributed by atoms with Gasteiger partial charge in [0, 0.05) is 0 Å². The monoisotopic (exact) mass is 1430 g/mol. The molecular weight excluding hydrogens is 1340 g/mol.